The second-order valence-electron chi connectivity index (χ2n) is 4.60. The van der Waals surface area contributed by atoms with E-state index in [0.29, 0.717) is 15.7 Å². The summed E-state index contributed by atoms with van der Waals surface area (Å²) >= 11 is 3.26. The van der Waals surface area contributed by atoms with Crippen LogP contribution in [0.3, 0.4) is 0 Å². The smallest absolute Gasteiger partial charge is 0.170 e. The van der Waals surface area contributed by atoms with Crippen molar-refractivity contribution in [1.82, 2.24) is 9.78 Å². The Hall–Kier alpha value is -1.49. The number of nitrogens with zero attached hydrogens (tertiary/aromatic N) is 2. The van der Waals surface area contributed by atoms with Gasteiger partial charge in [0.05, 0.1) is 12.1 Å². The van der Waals surface area contributed by atoms with Gasteiger partial charge in [-0.25, -0.2) is 4.39 Å². The summed E-state index contributed by atoms with van der Waals surface area (Å²) in [5, 5.41) is 4.31. The molecule has 0 N–H and O–H groups in total. The molecular weight excluding hydrogens is 311 g/mol. The number of carbonyl (C=O) groups excluding carboxylic acids is 1. The molecular formula is C14H14BrFN2O. The summed E-state index contributed by atoms with van der Waals surface area (Å²) in [5.74, 6) is -0.570. The van der Waals surface area contributed by atoms with Crippen LogP contribution in [-0.4, -0.2) is 15.6 Å². The van der Waals surface area contributed by atoms with Crippen molar-refractivity contribution in [3.63, 3.8) is 0 Å². The molecule has 1 heterocycles. The highest BCUT2D eigenvalue weighted by Crippen LogP contribution is 2.19. The van der Waals surface area contributed by atoms with Crippen molar-refractivity contribution < 1.29 is 9.18 Å². The SMILES string of the molecule is CC(C)n1ccc(CC(=O)c2cc(F)ccc2Br)n1. The fourth-order valence-electron chi connectivity index (χ4n) is 1.73. The molecule has 0 unspecified atom stereocenters. The predicted molar refractivity (Wildman–Crippen MR) is 74.7 cm³/mol. The van der Waals surface area contributed by atoms with Crippen molar-refractivity contribution in [2.75, 3.05) is 0 Å². The fourth-order valence-corrected chi connectivity index (χ4v) is 2.20. The second-order valence-corrected chi connectivity index (χ2v) is 5.46. The highest BCUT2D eigenvalue weighted by atomic mass is 79.9. The monoisotopic (exact) mass is 324 g/mol. The first-order valence-electron chi connectivity index (χ1n) is 5.99. The molecule has 0 amide bonds. The average Bonchev–Trinajstić information content (AvgIpc) is 2.80. The number of hydrogen-bond acceptors (Lipinski definition) is 2. The minimum absolute atomic E-state index is 0.152. The van der Waals surface area contributed by atoms with E-state index >= 15 is 0 Å². The van der Waals surface area contributed by atoms with Crippen LogP contribution in [0.25, 0.3) is 0 Å². The van der Waals surface area contributed by atoms with Crippen LogP contribution < -0.4 is 0 Å². The molecule has 0 saturated carbocycles. The molecule has 1 aromatic carbocycles. The molecule has 0 radical (unpaired) electrons. The summed E-state index contributed by atoms with van der Waals surface area (Å²) < 4.78 is 15.6. The third kappa shape index (κ3) is 3.29. The zero-order chi connectivity index (χ0) is 14.0. The Morgan fingerprint density at radius 2 is 2.16 bits per heavy atom. The first kappa shape index (κ1) is 13.9. The third-order valence-electron chi connectivity index (χ3n) is 2.76. The van der Waals surface area contributed by atoms with E-state index in [1.165, 1.54) is 18.2 Å². The number of Topliss-reactive ketones (excluding diaryl/α,β-unsaturated/α-hetero) is 1. The van der Waals surface area contributed by atoms with Crippen molar-refractivity contribution >= 4 is 21.7 Å². The van der Waals surface area contributed by atoms with E-state index in [1.807, 2.05) is 26.1 Å². The molecule has 0 spiro atoms. The third-order valence-corrected chi connectivity index (χ3v) is 3.45. The summed E-state index contributed by atoms with van der Waals surface area (Å²) in [6.07, 6.45) is 2.01. The van der Waals surface area contributed by atoms with E-state index in [9.17, 15) is 9.18 Å². The predicted octanol–water partition coefficient (Wildman–Crippen LogP) is 3.79. The Balaban J connectivity index is 2.18. The van der Waals surface area contributed by atoms with Gasteiger partial charge in [0.15, 0.2) is 5.78 Å². The molecule has 0 atom stereocenters. The van der Waals surface area contributed by atoms with Crippen LogP contribution in [0.4, 0.5) is 4.39 Å². The molecule has 2 rings (SSSR count). The van der Waals surface area contributed by atoms with Gasteiger partial charge in [0, 0.05) is 22.3 Å². The Labute approximate surface area is 119 Å². The lowest BCUT2D eigenvalue weighted by Crippen LogP contribution is -2.07. The lowest BCUT2D eigenvalue weighted by Gasteiger charge is -2.04. The Kier molecular flexibility index (Phi) is 4.14. The standard InChI is InChI=1S/C14H14BrFN2O/c1-9(2)18-6-5-11(17-18)8-14(19)12-7-10(16)3-4-13(12)15/h3-7,9H,8H2,1-2H3. The van der Waals surface area contributed by atoms with Gasteiger partial charge in [0.1, 0.15) is 5.82 Å². The van der Waals surface area contributed by atoms with E-state index < -0.39 is 5.82 Å². The van der Waals surface area contributed by atoms with Crippen LogP contribution in [0.15, 0.2) is 34.9 Å². The molecule has 19 heavy (non-hydrogen) atoms. The van der Waals surface area contributed by atoms with Crippen LogP contribution in [0, 0.1) is 5.82 Å². The Morgan fingerprint density at radius 3 is 2.79 bits per heavy atom. The van der Waals surface area contributed by atoms with Gasteiger partial charge in [-0.3, -0.25) is 9.48 Å². The lowest BCUT2D eigenvalue weighted by molar-refractivity contribution is 0.0990. The molecule has 5 heteroatoms. The average molecular weight is 325 g/mol. The minimum atomic E-state index is -0.417. The minimum Gasteiger partial charge on any atom is -0.294 e. The maximum absolute atomic E-state index is 13.2. The van der Waals surface area contributed by atoms with Gasteiger partial charge >= 0.3 is 0 Å². The number of benzene rings is 1. The van der Waals surface area contributed by atoms with Crippen LogP contribution >= 0.6 is 15.9 Å². The molecule has 0 aliphatic carbocycles. The van der Waals surface area contributed by atoms with Crippen molar-refractivity contribution in [2.24, 2.45) is 0 Å². The molecule has 0 fully saturated rings. The van der Waals surface area contributed by atoms with Crippen molar-refractivity contribution in [3.05, 3.63) is 52.0 Å². The maximum Gasteiger partial charge on any atom is 0.170 e. The fraction of sp³-hybridized carbons (Fsp3) is 0.286. The molecule has 0 saturated heterocycles. The molecule has 2 aromatic rings. The summed E-state index contributed by atoms with van der Waals surface area (Å²) in [7, 11) is 0. The number of rotatable bonds is 4. The van der Waals surface area contributed by atoms with E-state index in [1.54, 1.807) is 4.68 Å². The van der Waals surface area contributed by atoms with Crippen LogP contribution in [0.5, 0.6) is 0 Å². The van der Waals surface area contributed by atoms with E-state index in [-0.39, 0.29) is 18.2 Å². The van der Waals surface area contributed by atoms with Crippen LogP contribution in [-0.2, 0) is 6.42 Å². The van der Waals surface area contributed by atoms with E-state index in [4.69, 9.17) is 0 Å². The van der Waals surface area contributed by atoms with E-state index in [0.717, 1.165) is 0 Å². The Bertz CT molecular complexity index is 607. The van der Waals surface area contributed by atoms with Crippen molar-refractivity contribution in [3.8, 4) is 0 Å². The number of halogens is 2. The van der Waals surface area contributed by atoms with Gasteiger partial charge in [-0.1, -0.05) is 15.9 Å². The van der Waals surface area contributed by atoms with Crippen molar-refractivity contribution in [2.45, 2.75) is 26.3 Å². The van der Waals surface area contributed by atoms with Crippen LogP contribution in [0.1, 0.15) is 35.9 Å². The number of ketones is 1. The topological polar surface area (TPSA) is 34.9 Å². The maximum atomic E-state index is 13.2. The van der Waals surface area contributed by atoms with E-state index in [2.05, 4.69) is 21.0 Å². The zero-order valence-corrected chi connectivity index (χ0v) is 12.3. The molecule has 1 aromatic heterocycles. The normalized spacial score (nSPS) is 11.0. The summed E-state index contributed by atoms with van der Waals surface area (Å²) in [4.78, 5) is 12.1. The second kappa shape index (κ2) is 5.65. The van der Waals surface area contributed by atoms with Gasteiger partial charge in [-0.05, 0) is 38.1 Å². The van der Waals surface area contributed by atoms with Crippen LogP contribution in [0.2, 0.25) is 0 Å². The highest BCUT2D eigenvalue weighted by molar-refractivity contribution is 9.10. The number of aromatic nitrogens is 2. The summed E-state index contributed by atoms with van der Waals surface area (Å²) in [6, 6.07) is 6.16. The lowest BCUT2D eigenvalue weighted by atomic mass is 10.1. The number of carbonyl (C=O) groups is 1. The molecule has 100 valence electrons. The highest BCUT2D eigenvalue weighted by Gasteiger charge is 2.14. The molecule has 0 bridgehead atoms. The summed E-state index contributed by atoms with van der Waals surface area (Å²) in [6.45, 7) is 4.03. The first-order chi connectivity index (χ1) is 8.97. The van der Waals surface area contributed by atoms with Gasteiger partial charge in [-0.2, -0.15) is 5.10 Å². The molecule has 0 aliphatic heterocycles. The molecule has 3 nitrogen and oxygen atoms in total. The quantitative estimate of drug-likeness (QED) is 0.802. The summed E-state index contributed by atoms with van der Waals surface area (Å²) in [5.41, 5.74) is 1.04. The Morgan fingerprint density at radius 1 is 1.42 bits per heavy atom. The van der Waals surface area contributed by atoms with Gasteiger partial charge in [0.2, 0.25) is 0 Å². The molecule has 0 aliphatic rings. The number of hydrogen-bond donors (Lipinski definition) is 0. The zero-order valence-electron chi connectivity index (χ0n) is 10.7. The first-order valence-corrected chi connectivity index (χ1v) is 6.79. The largest absolute Gasteiger partial charge is 0.294 e. The van der Waals surface area contributed by atoms with Gasteiger partial charge in [0.25, 0.3) is 0 Å². The van der Waals surface area contributed by atoms with Gasteiger partial charge in [-0.15, -0.1) is 0 Å². The van der Waals surface area contributed by atoms with Crippen molar-refractivity contribution in [1.29, 1.82) is 0 Å². The van der Waals surface area contributed by atoms with Gasteiger partial charge < -0.3 is 0 Å².